The van der Waals surface area contributed by atoms with Crippen LogP contribution in [-0.4, -0.2) is 33.5 Å². The maximum Gasteiger partial charge on any atom is 0.294 e. The van der Waals surface area contributed by atoms with E-state index in [1.165, 1.54) is 0 Å². The molecule has 1 amide bonds. The van der Waals surface area contributed by atoms with Crippen molar-refractivity contribution in [2.75, 3.05) is 18.0 Å². The molecule has 7 heteroatoms. The normalized spacial score (nSPS) is 15.9. The maximum absolute atomic E-state index is 13.6. The lowest BCUT2D eigenvalue weighted by molar-refractivity contribution is -0.125. The van der Waals surface area contributed by atoms with E-state index in [0.717, 1.165) is 35.1 Å². The molecule has 5 rings (SSSR count). The number of hydrogen-bond acceptors (Lipinski definition) is 5. The fourth-order valence-corrected chi connectivity index (χ4v) is 4.52. The van der Waals surface area contributed by atoms with Gasteiger partial charge in [-0.25, -0.2) is 4.98 Å². The second-order valence-electron chi connectivity index (χ2n) is 8.63. The van der Waals surface area contributed by atoms with Crippen LogP contribution in [0.15, 0.2) is 83.8 Å². The van der Waals surface area contributed by atoms with Gasteiger partial charge >= 0.3 is 0 Å². The summed E-state index contributed by atoms with van der Waals surface area (Å²) in [5.41, 5.74) is 3.33. The van der Waals surface area contributed by atoms with Gasteiger partial charge in [-0.1, -0.05) is 48.5 Å². The quantitative estimate of drug-likeness (QED) is 0.484. The van der Waals surface area contributed by atoms with Crippen LogP contribution in [0.4, 0.5) is 5.82 Å². The second-order valence-corrected chi connectivity index (χ2v) is 8.63. The van der Waals surface area contributed by atoms with Crippen LogP contribution in [0, 0.1) is 5.92 Å². The number of aromatic nitrogens is 3. The highest BCUT2D eigenvalue weighted by Gasteiger charge is 2.28. The summed E-state index contributed by atoms with van der Waals surface area (Å²) >= 11 is 0. The SMILES string of the molecule is O=C(NCc1ccccn1)C1CCCN(c2nc3ccccc3n(Cc3ccccc3)c2=O)C1. The molecule has 1 unspecified atom stereocenters. The van der Waals surface area contributed by atoms with E-state index in [9.17, 15) is 9.59 Å². The van der Waals surface area contributed by atoms with Crippen LogP contribution in [-0.2, 0) is 17.9 Å². The van der Waals surface area contributed by atoms with Gasteiger partial charge in [-0.2, -0.15) is 0 Å². The molecule has 0 aliphatic carbocycles. The van der Waals surface area contributed by atoms with E-state index < -0.39 is 0 Å². The zero-order valence-corrected chi connectivity index (χ0v) is 18.9. The largest absolute Gasteiger partial charge is 0.351 e. The third kappa shape index (κ3) is 4.69. The zero-order chi connectivity index (χ0) is 23.3. The number of nitrogens with one attached hydrogen (secondary N) is 1. The molecule has 2 aromatic carbocycles. The third-order valence-corrected chi connectivity index (χ3v) is 6.28. The van der Waals surface area contributed by atoms with Gasteiger partial charge in [-0.15, -0.1) is 0 Å². The van der Waals surface area contributed by atoms with Gasteiger partial charge in [0.15, 0.2) is 5.82 Å². The summed E-state index contributed by atoms with van der Waals surface area (Å²) < 4.78 is 1.79. The molecule has 1 aliphatic heterocycles. The molecule has 2 aromatic heterocycles. The van der Waals surface area contributed by atoms with E-state index in [2.05, 4.69) is 10.3 Å². The molecule has 7 nitrogen and oxygen atoms in total. The van der Waals surface area contributed by atoms with Crippen molar-refractivity contribution in [1.82, 2.24) is 19.9 Å². The number of pyridine rings is 1. The number of piperidine rings is 1. The van der Waals surface area contributed by atoms with Gasteiger partial charge in [0, 0.05) is 19.3 Å². The van der Waals surface area contributed by atoms with Crippen molar-refractivity contribution in [1.29, 1.82) is 0 Å². The fourth-order valence-electron chi connectivity index (χ4n) is 4.52. The van der Waals surface area contributed by atoms with Crippen molar-refractivity contribution in [3.8, 4) is 0 Å². The molecule has 0 spiro atoms. The second kappa shape index (κ2) is 9.87. The predicted molar refractivity (Wildman–Crippen MR) is 133 cm³/mol. The van der Waals surface area contributed by atoms with Gasteiger partial charge in [0.05, 0.1) is 35.7 Å². The number of nitrogens with zero attached hydrogens (tertiary/aromatic N) is 4. The third-order valence-electron chi connectivity index (χ3n) is 6.28. The van der Waals surface area contributed by atoms with Crippen LogP contribution < -0.4 is 15.8 Å². The van der Waals surface area contributed by atoms with Crippen molar-refractivity contribution in [3.05, 3.63) is 101 Å². The molecule has 0 radical (unpaired) electrons. The Bertz CT molecular complexity index is 1340. The number of carbonyl (C=O) groups excluding carboxylic acids is 1. The number of para-hydroxylation sites is 2. The summed E-state index contributed by atoms with van der Waals surface area (Å²) in [6.45, 7) is 2.04. The van der Waals surface area contributed by atoms with E-state index in [0.29, 0.717) is 32.0 Å². The summed E-state index contributed by atoms with van der Waals surface area (Å²) in [6, 6.07) is 23.3. The predicted octanol–water partition coefficient (Wildman–Crippen LogP) is 3.37. The van der Waals surface area contributed by atoms with E-state index in [1.807, 2.05) is 77.7 Å². The molecular weight excluding hydrogens is 426 g/mol. The van der Waals surface area contributed by atoms with E-state index in [4.69, 9.17) is 4.98 Å². The van der Waals surface area contributed by atoms with E-state index in [-0.39, 0.29) is 17.4 Å². The minimum atomic E-state index is -0.201. The Hall–Kier alpha value is -4.00. The Labute approximate surface area is 198 Å². The lowest BCUT2D eigenvalue weighted by atomic mass is 9.97. The van der Waals surface area contributed by atoms with Gasteiger partial charge in [-0.05, 0) is 42.7 Å². The van der Waals surface area contributed by atoms with Crippen molar-refractivity contribution in [2.24, 2.45) is 5.92 Å². The van der Waals surface area contributed by atoms with Gasteiger partial charge < -0.3 is 10.2 Å². The number of carbonyl (C=O) groups is 1. The number of fused-ring (bicyclic) bond motifs is 1. The van der Waals surface area contributed by atoms with Gasteiger partial charge in [0.2, 0.25) is 5.91 Å². The van der Waals surface area contributed by atoms with Crippen LogP contribution in [0.3, 0.4) is 0 Å². The van der Waals surface area contributed by atoms with Crippen LogP contribution in [0.1, 0.15) is 24.1 Å². The number of benzene rings is 2. The van der Waals surface area contributed by atoms with Crippen molar-refractivity contribution >= 4 is 22.8 Å². The van der Waals surface area contributed by atoms with Crippen LogP contribution >= 0.6 is 0 Å². The molecule has 1 aliphatic rings. The number of anilines is 1. The topological polar surface area (TPSA) is 80.1 Å². The van der Waals surface area contributed by atoms with Crippen LogP contribution in [0.2, 0.25) is 0 Å². The molecule has 1 atom stereocenters. The highest BCUT2D eigenvalue weighted by molar-refractivity contribution is 5.80. The Morgan fingerprint density at radius 1 is 1.00 bits per heavy atom. The zero-order valence-electron chi connectivity index (χ0n) is 18.9. The Morgan fingerprint density at radius 2 is 1.79 bits per heavy atom. The van der Waals surface area contributed by atoms with Gasteiger partial charge in [-0.3, -0.25) is 19.1 Å². The Kier molecular flexibility index (Phi) is 6.33. The van der Waals surface area contributed by atoms with E-state index in [1.54, 1.807) is 10.8 Å². The van der Waals surface area contributed by atoms with Crippen LogP contribution in [0.5, 0.6) is 0 Å². The summed E-state index contributed by atoms with van der Waals surface area (Å²) in [4.78, 5) is 37.5. The van der Waals surface area contributed by atoms with Gasteiger partial charge in [0.1, 0.15) is 0 Å². The first kappa shape index (κ1) is 21.8. The molecule has 0 saturated carbocycles. The molecule has 1 saturated heterocycles. The highest BCUT2D eigenvalue weighted by atomic mass is 16.2. The minimum absolute atomic E-state index is 0.0132. The number of amides is 1. The summed E-state index contributed by atoms with van der Waals surface area (Å²) in [5, 5.41) is 3.00. The molecule has 3 heterocycles. The lowest BCUT2D eigenvalue weighted by Crippen LogP contribution is -2.45. The molecule has 1 fully saturated rings. The van der Waals surface area contributed by atoms with Crippen LogP contribution in [0.25, 0.3) is 11.0 Å². The summed E-state index contributed by atoms with van der Waals surface area (Å²) in [5.74, 6) is 0.199. The van der Waals surface area contributed by atoms with Crippen molar-refractivity contribution < 1.29 is 4.79 Å². The standard InChI is InChI=1S/C27H27N5O2/c33-26(29-17-22-12-6-7-15-28-22)21-11-8-16-31(19-21)25-27(34)32(18-20-9-2-1-3-10-20)24-14-5-4-13-23(24)30-25/h1-7,9-10,12-15,21H,8,11,16-19H2,(H,29,33). The maximum atomic E-state index is 13.6. The summed E-state index contributed by atoms with van der Waals surface area (Å²) in [7, 11) is 0. The molecular formula is C27H27N5O2. The molecule has 1 N–H and O–H groups in total. The molecule has 0 bridgehead atoms. The Balaban J connectivity index is 1.40. The molecule has 4 aromatic rings. The highest BCUT2D eigenvalue weighted by Crippen LogP contribution is 2.22. The fraction of sp³-hybridized carbons (Fsp3) is 0.259. The van der Waals surface area contributed by atoms with E-state index >= 15 is 0 Å². The lowest BCUT2D eigenvalue weighted by Gasteiger charge is -2.32. The first-order valence-electron chi connectivity index (χ1n) is 11.6. The monoisotopic (exact) mass is 453 g/mol. The smallest absolute Gasteiger partial charge is 0.294 e. The number of hydrogen-bond donors (Lipinski definition) is 1. The van der Waals surface area contributed by atoms with Crippen molar-refractivity contribution in [2.45, 2.75) is 25.9 Å². The van der Waals surface area contributed by atoms with Crippen molar-refractivity contribution in [3.63, 3.8) is 0 Å². The molecule has 34 heavy (non-hydrogen) atoms. The average molecular weight is 454 g/mol. The first-order chi connectivity index (χ1) is 16.7. The first-order valence-corrected chi connectivity index (χ1v) is 11.6. The number of rotatable bonds is 6. The minimum Gasteiger partial charge on any atom is -0.351 e. The average Bonchev–Trinajstić information content (AvgIpc) is 2.90. The van der Waals surface area contributed by atoms with Gasteiger partial charge in [0.25, 0.3) is 5.56 Å². The Morgan fingerprint density at radius 3 is 2.62 bits per heavy atom. The summed E-state index contributed by atoms with van der Waals surface area (Å²) in [6.07, 6.45) is 3.33. The molecule has 172 valence electrons.